The number of halogens is 1. The van der Waals surface area contributed by atoms with Crippen LogP contribution < -0.4 is 16.9 Å². The molecule has 0 atom stereocenters. The molecular weight excluding hydrogens is 293 g/mol. The smallest absolute Gasteiger partial charge is 0.279 e. The summed E-state index contributed by atoms with van der Waals surface area (Å²) in [5.74, 6) is -0.469. The normalized spacial score (nSPS) is 11.0. The molecule has 0 bridgehead atoms. The van der Waals surface area contributed by atoms with Crippen molar-refractivity contribution < 1.29 is 4.39 Å². The van der Waals surface area contributed by atoms with Gasteiger partial charge in [0.15, 0.2) is 11.2 Å². The van der Waals surface area contributed by atoms with Crippen LogP contribution in [0.1, 0.15) is 0 Å². The third-order valence-electron chi connectivity index (χ3n) is 3.26. The van der Waals surface area contributed by atoms with Crippen molar-refractivity contribution in [3.63, 3.8) is 0 Å². The van der Waals surface area contributed by atoms with Gasteiger partial charge in [-0.1, -0.05) is 0 Å². The van der Waals surface area contributed by atoms with Gasteiger partial charge in [-0.05, 0) is 24.3 Å². The highest BCUT2D eigenvalue weighted by atomic mass is 19.1. The van der Waals surface area contributed by atoms with Crippen LogP contribution >= 0.6 is 0 Å². The fourth-order valence-corrected chi connectivity index (χ4v) is 2.06. The fraction of sp³-hybridized carbons (Fsp3) is 0.154. The van der Waals surface area contributed by atoms with E-state index in [0.717, 1.165) is 25.9 Å². The first-order chi connectivity index (χ1) is 10.4. The van der Waals surface area contributed by atoms with Gasteiger partial charge in [-0.15, -0.1) is 0 Å². The second-order valence-electron chi connectivity index (χ2n) is 4.66. The number of rotatable bonds is 1. The van der Waals surface area contributed by atoms with Gasteiger partial charge < -0.3 is 0 Å². The monoisotopic (exact) mass is 303 g/mol. The van der Waals surface area contributed by atoms with E-state index in [1.165, 1.54) is 26.2 Å². The molecule has 2 heterocycles. The van der Waals surface area contributed by atoms with E-state index >= 15 is 0 Å². The minimum absolute atomic E-state index is 0.100. The predicted molar refractivity (Wildman–Crippen MR) is 75.6 cm³/mol. The zero-order valence-electron chi connectivity index (χ0n) is 11.6. The SMILES string of the molecule is Cn1c(=O)c2nn(-c3ccc(F)cc3)c(=O)nc2n(C)c1=O. The minimum atomic E-state index is -0.776. The van der Waals surface area contributed by atoms with Gasteiger partial charge >= 0.3 is 11.4 Å². The molecule has 0 saturated carbocycles. The maximum Gasteiger partial charge on any atom is 0.370 e. The molecule has 22 heavy (non-hydrogen) atoms. The van der Waals surface area contributed by atoms with E-state index in [-0.39, 0.29) is 16.9 Å². The van der Waals surface area contributed by atoms with E-state index in [1.807, 2.05) is 0 Å². The van der Waals surface area contributed by atoms with Gasteiger partial charge in [-0.3, -0.25) is 13.9 Å². The molecule has 3 rings (SSSR count). The molecule has 9 heteroatoms. The molecule has 8 nitrogen and oxygen atoms in total. The van der Waals surface area contributed by atoms with Crippen LogP contribution in [0.3, 0.4) is 0 Å². The van der Waals surface area contributed by atoms with Gasteiger partial charge in [0.05, 0.1) is 5.69 Å². The van der Waals surface area contributed by atoms with E-state index in [0.29, 0.717) is 0 Å². The number of benzene rings is 1. The lowest BCUT2D eigenvalue weighted by Crippen LogP contribution is -2.40. The van der Waals surface area contributed by atoms with Gasteiger partial charge in [0.1, 0.15) is 5.82 Å². The number of hydrogen-bond donors (Lipinski definition) is 0. The maximum atomic E-state index is 13.0. The third-order valence-corrected chi connectivity index (χ3v) is 3.26. The highest BCUT2D eigenvalue weighted by molar-refractivity contribution is 5.67. The highest BCUT2D eigenvalue weighted by Gasteiger charge is 2.14. The molecule has 0 amide bonds. The van der Waals surface area contributed by atoms with Crippen LogP contribution in [0.4, 0.5) is 4.39 Å². The Hall–Kier alpha value is -3.10. The van der Waals surface area contributed by atoms with Crippen molar-refractivity contribution in [3.05, 3.63) is 61.4 Å². The van der Waals surface area contributed by atoms with Gasteiger partial charge in [-0.2, -0.15) is 14.8 Å². The van der Waals surface area contributed by atoms with Crippen molar-refractivity contribution in [3.8, 4) is 5.69 Å². The molecule has 0 saturated heterocycles. The summed E-state index contributed by atoms with van der Waals surface area (Å²) in [5.41, 5.74) is -2.02. The Morgan fingerprint density at radius 2 is 1.64 bits per heavy atom. The van der Waals surface area contributed by atoms with E-state index in [4.69, 9.17) is 0 Å². The van der Waals surface area contributed by atoms with Crippen molar-refractivity contribution in [2.24, 2.45) is 14.1 Å². The van der Waals surface area contributed by atoms with Crippen LogP contribution in [0.25, 0.3) is 16.9 Å². The molecule has 0 fully saturated rings. The van der Waals surface area contributed by atoms with Crippen LogP contribution in [0.5, 0.6) is 0 Å². The Morgan fingerprint density at radius 1 is 1.00 bits per heavy atom. The van der Waals surface area contributed by atoms with Crippen LogP contribution in [0, 0.1) is 5.82 Å². The first-order valence-corrected chi connectivity index (χ1v) is 6.23. The second-order valence-corrected chi connectivity index (χ2v) is 4.66. The summed E-state index contributed by atoms with van der Waals surface area (Å²) < 4.78 is 15.8. The van der Waals surface area contributed by atoms with Gasteiger partial charge in [0.2, 0.25) is 0 Å². The molecule has 1 aromatic carbocycles. The van der Waals surface area contributed by atoms with Gasteiger partial charge in [0, 0.05) is 14.1 Å². The van der Waals surface area contributed by atoms with Crippen molar-refractivity contribution >= 4 is 11.2 Å². The Labute approximate surface area is 121 Å². The lowest BCUT2D eigenvalue weighted by Gasteiger charge is -2.08. The Morgan fingerprint density at radius 3 is 2.27 bits per heavy atom. The maximum absolute atomic E-state index is 13.0. The molecule has 2 aromatic heterocycles. The van der Waals surface area contributed by atoms with Crippen molar-refractivity contribution in [1.82, 2.24) is 23.9 Å². The molecule has 0 radical (unpaired) electrons. The van der Waals surface area contributed by atoms with E-state index < -0.39 is 22.8 Å². The molecule has 0 spiro atoms. The average Bonchev–Trinajstić information content (AvgIpc) is 2.51. The fourth-order valence-electron chi connectivity index (χ4n) is 2.06. The third kappa shape index (κ3) is 1.94. The first kappa shape index (κ1) is 13.9. The Bertz CT molecular complexity index is 1060. The zero-order valence-corrected chi connectivity index (χ0v) is 11.6. The quantitative estimate of drug-likeness (QED) is 0.594. The Kier molecular flexibility index (Phi) is 2.98. The van der Waals surface area contributed by atoms with E-state index in [9.17, 15) is 18.8 Å². The molecule has 3 aromatic rings. The number of fused-ring (bicyclic) bond motifs is 1. The molecule has 0 aliphatic heterocycles. The summed E-state index contributed by atoms with van der Waals surface area (Å²) in [7, 11) is 2.69. The van der Waals surface area contributed by atoms with Gasteiger partial charge in [-0.25, -0.2) is 14.0 Å². The topological polar surface area (TPSA) is 91.8 Å². The highest BCUT2D eigenvalue weighted by Crippen LogP contribution is 2.06. The van der Waals surface area contributed by atoms with Crippen LogP contribution in [0.2, 0.25) is 0 Å². The summed E-state index contributed by atoms with van der Waals surface area (Å²) in [6.45, 7) is 0. The van der Waals surface area contributed by atoms with E-state index in [1.54, 1.807) is 0 Å². The van der Waals surface area contributed by atoms with Crippen molar-refractivity contribution in [2.75, 3.05) is 0 Å². The van der Waals surface area contributed by atoms with Crippen molar-refractivity contribution in [1.29, 1.82) is 0 Å². The summed E-state index contributed by atoms with van der Waals surface area (Å²) in [6, 6.07) is 4.99. The Balaban J connectivity index is 2.43. The van der Waals surface area contributed by atoms with Crippen LogP contribution in [-0.4, -0.2) is 23.9 Å². The zero-order chi connectivity index (χ0) is 16.0. The first-order valence-electron chi connectivity index (χ1n) is 6.23. The molecular formula is C13H10FN5O3. The van der Waals surface area contributed by atoms with Crippen LogP contribution in [0.15, 0.2) is 38.6 Å². The van der Waals surface area contributed by atoms with Crippen molar-refractivity contribution in [2.45, 2.75) is 0 Å². The number of aromatic nitrogens is 5. The average molecular weight is 303 g/mol. The summed E-state index contributed by atoms with van der Waals surface area (Å²) in [6.07, 6.45) is 0. The van der Waals surface area contributed by atoms with E-state index in [2.05, 4.69) is 10.1 Å². The number of nitrogens with zero attached hydrogens (tertiary/aromatic N) is 5. The molecule has 0 unspecified atom stereocenters. The standard InChI is InChI=1S/C13H10FN5O3/c1-17-10-9(11(20)18(2)13(17)22)16-19(12(21)15-10)8-5-3-7(14)4-6-8/h3-6H,1-2H3. The lowest BCUT2D eigenvalue weighted by molar-refractivity contribution is 0.626. The summed E-state index contributed by atoms with van der Waals surface area (Å²) >= 11 is 0. The lowest BCUT2D eigenvalue weighted by atomic mass is 10.3. The van der Waals surface area contributed by atoms with Gasteiger partial charge in [0.25, 0.3) is 5.56 Å². The second kappa shape index (κ2) is 4.72. The number of hydrogen-bond acceptors (Lipinski definition) is 5. The molecule has 112 valence electrons. The molecule has 0 N–H and O–H groups in total. The number of aryl methyl sites for hydroxylation is 1. The summed E-state index contributed by atoms with van der Waals surface area (Å²) in [5, 5.41) is 3.96. The largest absolute Gasteiger partial charge is 0.370 e. The predicted octanol–water partition coefficient (Wildman–Crippen LogP) is -0.683. The molecule has 0 aliphatic rings. The molecule has 0 aliphatic carbocycles. The summed E-state index contributed by atoms with van der Waals surface area (Å²) in [4.78, 5) is 39.7. The van der Waals surface area contributed by atoms with Crippen LogP contribution in [-0.2, 0) is 14.1 Å². The minimum Gasteiger partial charge on any atom is -0.279 e.